The fourth-order valence-corrected chi connectivity index (χ4v) is 5.52. The highest BCUT2D eigenvalue weighted by Gasteiger charge is 2.51. The van der Waals surface area contributed by atoms with Crippen LogP contribution in [-0.4, -0.2) is 4.98 Å². The van der Waals surface area contributed by atoms with Gasteiger partial charge >= 0.3 is 0 Å². The molecular weight excluding hydrogens is 276 g/mol. The Morgan fingerprint density at radius 3 is 2.71 bits per heavy atom. The molecule has 2 nitrogen and oxygen atoms in total. The Morgan fingerprint density at radius 1 is 1.19 bits per heavy atom. The van der Waals surface area contributed by atoms with Crippen molar-refractivity contribution in [1.82, 2.24) is 4.98 Å². The number of rotatable bonds is 1. The number of para-hydroxylation sites is 1. The molecule has 1 aliphatic carbocycles. The van der Waals surface area contributed by atoms with Gasteiger partial charge in [0.25, 0.3) is 0 Å². The Morgan fingerprint density at radius 2 is 1.95 bits per heavy atom. The minimum Gasteiger partial charge on any atom is -0.352 e. The van der Waals surface area contributed by atoms with Crippen LogP contribution in [0.2, 0.25) is 0 Å². The molecule has 21 heavy (non-hydrogen) atoms. The van der Waals surface area contributed by atoms with Crippen LogP contribution in [0, 0.1) is 6.92 Å². The van der Waals surface area contributed by atoms with E-state index in [1.54, 1.807) is 0 Å². The Kier molecular flexibility index (Phi) is 3.07. The Balaban J connectivity index is 1.89. The largest absolute Gasteiger partial charge is 0.352 e. The molecule has 3 heteroatoms. The zero-order valence-electron chi connectivity index (χ0n) is 12.8. The summed E-state index contributed by atoms with van der Waals surface area (Å²) in [5.74, 6) is 0. The number of benzene rings is 1. The van der Waals surface area contributed by atoms with E-state index < -0.39 is 0 Å². The third-order valence-electron chi connectivity index (χ3n) is 5.32. The number of aromatic nitrogens is 1. The summed E-state index contributed by atoms with van der Waals surface area (Å²) in [5, 5.41) is 0. The van der Waals surface area contributed by atoms with Crippen LogP contribution in [0.1, 0.15) is 61.2 Å². The number of fused-ring (bicyclic) bond motifs is 2. The second-order valence-corrected chi connectivity index (χ2v) is 7.35. The van der Waals surface area contributed by atoms with E-state index in [1.807, 2.05) is 16.8 Å². The van der Waals surface area contributed by atoms with Crippen molar-refractivity contribution in [3.8, 4) is 0 Å². The monoisotopic (exact) mass is 298 g/mol. The summed E-state index contributed by atoms with van der Waals surface area (Å²) in [6.45, 7) is 4.56. The molecule has 1 saturated carbocycles. The maximum absolute atomic E-state index is 4.71. The minimum atomic E-state index is 0.209. The number of hydrogen-bond acceptors (Lipinski definition) is 3. The predicted molar refractivity (Wildman–Crippen MR) is 89.0 cm³/mol. The van der Waals surface area contributed by atoms with Crippen LogP contribution < -0.4 is 4.90 Å². The molecule has 1 atom stereocenters. The molecular formula is C18H22N2S. The first-order chi connectivity index (χ1) is 10.2. The number of nitrogens with zero attached hydrogens (tertiary/aromatic N) is 2. The minimum absolute atomic E-state index is 0.209. The summed E-state index contributed by atoms with van der Waals surface area (Å²) in [6.07, 6.45) is 6.62. The van der Waals surface area contributed by atoms with Crippen molar-refractivity contribution in [1.29, 1.82) is 0 Å². The van der Waals surface area contributed by atoms with Crippen LogP contribution in [0.5, 0.6) is 0 Å². The third kappa shape index (κ3) is 1.80. The topological polar surface area (TPSA) is 16.1 Å². The molecule has 110 valence electrons. The van der Waals surface area contributed by atoms with E-state index in [1.165, 1.54) is 53.9 Å². The molecule has 1 aliphatic heterocycles. The molecule has 4 rings (SSSR count). The molecule has 0 N–H and O–H groups in total. The average molecular weight is 298 g/mol. The highest BCUT2D eigenvalue weighted by molar-refractivity contribution is 7.10. The first kappa shape index (κ1) is 13.3. The summed E-state index contributed by atoms with van der Waals surface area (Å²) in [6, 6.07) is 9.23. The van der Waals surface area contributed by atoms with Crippen molar-refractivity contribution in [3.63, 3.8) is 0 Å². The van der Waals surface area contributed by atoms with Crippen molar-refractivity contribution < 1.29 is 0 Å². The Hall–Kier alpha value is -1.35. The lowest BCUT2D eigenvalue weighted by molar-refractivity contribution is 0.288. The van der Waals surface area contributed by atoms with Gasteiger partial charge in [0.2, 0.25) is 0 Å². The molecule has 2 aliphatic rings. The first-order valence-corrected chi connectivity index (χ1v) is 8.91. The Labute approximate surface area is 130 Å². The van der Waals surface area contributed by atoms with E-state index in [0.717, 1.165) is 0 Å². The second kappa shape index (κ2) is 4.84. The van der Waals surface area contributed by atoms with E-state index in [4.69, 9.17) is 4.98 Å². The number of hydrogen-bond donors (Lipinski definition) is 0. The van der Waals surface area contributed by atoms with Crippen molar-refractivity contribution >= 4 is 17.0 Å². The van der Waals surface area contributed by atoms with Crippen molar-refractivity contribution in [2.45, 2.75) is 57.5 Å². The zero-order valence-corrected chi connectivity index (χ0v) is 13.6. The SMILES string of the molecule is Cc1ccccc1N1[C@@H](C)c2ncsc2C12CCCCC2. The lowest BCUT2D eigenvalue weighted by Gasteiger charge is -2.45. The lowest BCUT2D eigenvalue weighted by Crippen LogP contribution is -2.44. The molecule has 0 saturated heterocycles. The molecule has 0 amide bonds. The molecule has 1 aromatic heterocycles. The summed E-state index contributed by atoms with van der Waals surface area (Å²) in [5.41, 5.74) is 6.36. The molecule has 1 spiro atoms. The van der Waals surface area contributed by atoms with Crippen LogP contribution in [0.4, 0.5) is 5.69 Å². The fraction of sp³-hybridized carbons (Fsp3) is 0.500. The van der Waals surface area contributed by atoms with Crippen molar-refractivity contribution in [2.24, 2.45) is 0 Å². The molecule has 1 fully saturated rings. The quantitative estimate of drug-likeness (QED) is 0.720. The predicted octanol–water partition coefficient (Wildman–Crippen LogP) is 5.19. The molecule has 2 heterocycles. The van der Waals surface area contributed by atoms with Crippen molar-refractivity contribution in [3.05, 3.63) is 45.9 Å². The van der Waals surface area contributed by atoms with Gasteiger partial charge in [-0.1, -0.05) is 37.5 Å². The van der Waals surface area contributed by atoms with Gasteiger partial charge in [-0.15, -0.1) is 11.3 Å². The van der Waals surface area contributed by atoms with E-state index >= 15 is 0 Å². The number of aryl methyl sites for hydroxylation is 1. The maximum atomic E-state index is 4.71. The standard InChI is InChI=1S/C18H22N2S/c1-13-8-4-5-9-15(13)20-14(2)16-17(21-12-19-16)18(20)10-6-3-7-11-18/h4-5,8-9,12,14H,3,6-7,10-11H2,1-2H3/t14-/m0/s1. The lowest BCUT2D eigenvalue weighted by atomic mass is 9.80. The highest BCUT2D eigenvalue weighted by Crippen LogP contribution is 2.56. The summed E-state index contributed by atoms with van der Waals surface area (Å²) in [7, 11) is 0. The van der Waals surface area contributed by atoms with Crippen LogP contribution in [0.3, 0.4) is 0 Å². The number of thiazole rings is 1. The summed E-state index contributed by atoms with van der Waals surface area (Å²) >= 11 is 1.87. The Bertz CT molecular complexity index is 655. The molecule has 2 aromatic rings. The van der Waals surface area contributed by atoms with Crippen LogP contribution >= 0.6 is 11.3 Å². The van der Waals surface area contributed by atoms with Gasteiger partial charge in [0.05, 0.1) is 27.7 Å². The fourth-order valence-electron chi connectivity index (χ4n) is 4.38. The van der Waals surface area contributed by atoms with E-state index in [9.17, 15) is 0 Å². The summed E-state index contributed by atoms with van der Waals surface area (Å²) < 4.78 is 0. The van der Waals surface area contributed by atoms with Gasteiger partial charge in [-0.05, 0) is 38.3 Å². The van der Waals surface area contributed by atoms with Gasteiger partial charge in [-0.3, -0.25) is 0 Å². The summed E-state index contributed by atoms with van der Waals surface area (Å²) in [4.78, 5) is 8.94. The molecule has 1 aromatic carbocycles. The second-order valence-electron chi connectivity index (χ2n) is 6.49. The van der Waals surface area contributed by atoms with E-state index in [2.05, 4.69) is 43.0 Å². The van der Waals surface area contributed by atoms with Gasteiger partial charge in [-0.25, -0.2) is 4.98 Å². The third-order valence-corrected chi connectivity index (χ3v) is 6.35. The zero-order chi connectivity index (χ0) is 14.4. The van der Waals surface area contributed by atoms with Crippen LogP contribution in [-0.2, 0) is 5.54 Å². The van der Waals surface area contributed by atoms with Gasteiger partial charge in [0.1, 0.15) is 0 Å². The smallest absolute Gasteiger partial charge is 0.0799 e. The van der Waals surface area contributed by atoms with Gasteiger partial charge in [0, 0.05) is 5.69 Å². The highest BCUT2D eigenvalue weighted by atomic mass is 32.1. The van der Waals surface area contributed by atoms with Gasteiger partial charge in [-0.2, -0.15) is 0 Å². The number of anilines is 1. The molecule has 0 radical (unpaired) electrons. The average Bonchev–Trinajstić information content (AvgIpc) is 3.06. The van der Waals surface area contributed by atoms with Gasteiger partial charge in [0.15, 0.2) is 0 Å². The van der Waals surface area contributed by atoms with Crippen molar-refractivity contribution in [2.75, 3.05) is 4.90 Å². The molecule has 0 bridgehead atoms. The van der Waals surface area contributed by atoms with E-state index in [-0.39, 0.29) is 5.54 Å². The van der Waals surface area contributed by atoms with Crippen LogP contribution in [0.15, 0.2) is 29.8 Å². The van der Waals surface area contributed by atoms with Gasteiger partial charge < -0.3 is 4.90 Å². The molecule has 0 unspecified atom stereocenters. The maximum Gasteiger partial charge on any atom is 0.0799 e. The van der Waals surface area contributed by atoms with E-state index in [0.29, 0.717) is 6.04 Å². The van der Waals surface area contributed by atoms with Crippen LogP contribution in [0.25, 0.3) is 0 Å². The normalized spacial score (nSPS) is 23.5. The first-order valence-electron chi connectivity index (χ1n) is 8.03.